The van der Waals surface area contributed by atoms with Crippen molar-refractivity contribution in [1.82, 2.24) is 29.3 Å². The SMILES string of the molecule is CCC(=O)c1cnc(Nc2ccn(-c3ccc(F)cc3)c(=O)n2)cc1Nc1cccc(-c2ncn(C)n2)c1OC. The van der Waals surface area contributed by atoms with Gasteiger partial charge in [-0.3, -0.25) is 14.0 Å². The quantitative estimate of drug-likeness (QED) is 0.257. The van der Waals surface area contributed by atoms with E-state index < -0.39 is 11.5 Å². The molecule has 0 aliphatic carbocycles. The van der Waals surface area contributed by atoms with Crippen molar-refractivity contribution in [3.8, 4) is 22.8 Å². The second kappa shape index (κ2) is 11.2. The van der Waals surface area contributed by atoms with Gasteiger partial charge < -0.3 is 15.4 Å². The van der Waals surface area contributed by atoms with E-state index in [9.17, 15) is 14.0 Å². The molecule has 0 atom stereocenters. The number of nitrogens with zero attached hydrogens (tertiary/aromatic N) is 6. The molecule has 2 N–H and O–H groups in total. The Hall–Kier alpha value is -5.39. The van der Waals surface area contributed by atoms with Crippen molar-refractivity contribution in [2.75, 3.05) is 17.7 Å². The summed E-state index contributed by atoms with van der Waals surface area (Å²) in [6, 6.07) is 14.2. The van der Waals surface area contributed by atoms with E-state index in [1.165, 1.54) is 41.2 Å². The van der Waals surface area contributed by atoms with Crippen LogP contribution in [0.1, 0.15) is 23.7 Å². The Morgan fingerprint density at radius 1 is 1.02 bits per heavy atom. The van der Waals surface area contributed by atoms with E-state index in [1.54, 1.807) is 44.2 Å². The number of carbonyl (C=O) groups is 1. The molecule has 0 aliphatic rings. The van der Waals surface area contributed by atoms with Gasteiger partial charge in [-0.1, -0.05) is 13.0 Å². The van der Waals surface area contributed by atoms with Crippen LogP contribution in [0.25, 0.3) is 17.1 Å². The Labute approximate surface area is 228 Å². The molecule has 3 aromatic heterocycles. The summed E-state index contributed by atoms with van der Waals surface area (Å²) in [5.74, 6) is 1.08. The van der Waals surface area contributed by atoms with Crippen molar-refractivity contribution in [3.05, 3.63) is 95.2 Å². The molecule has 202 valence electrons. The summed E-state index contributed by atoms with van der Waals surface area (Å²) in [5, 5.41) is 10.7. The third kappa shape index (κ3) is 5.41. The zero-order valence-corrected chi connectivity index (χ0v) is 21.9. The third-order valence-electron chi connectivity index (χ3n) is 6.02. The van der Waals surface area contributed by atoms with E-state index in [-0.39, 0.29) is 18.0 Å². The molecule has 0 fully saturated rings. The molecule has 5 aromatic rings. The molecule has 0 aliphatic heterocycles. The number of rotatable bonds is 9. The van der Waals surface area contributed by atoms with Crippen LogP contribution in [-0.2, 0) is 7.05 Å². The number of Topliss-reactive ketones (excluding diaryl/α,β-unsaturated/α-hetero) is 1. The number of anilines is 4. The maximum absolute atomic E-state index is 13.3. The number of aryl methyl sites for hydroxylation is 1. The minimum atomic E-state index is -0.558. The summed E-state index contributed by atoms with van der Waals surface area (Å²) in [7, 11) is 3.32. The summed E-state index contributed by atoms with van der Waals surface area (Å²) >= 11 is 0. The van der Waals surface area contributed by atoms with Crippen LogP contribution in [0.3, 0.4) is 0 Å². The van der Waals surface area contributed by atoms with Crippen LogP contribution in [-0.4, -0.2) is 42.2 Å². The number of ketones is 1. The molecule has 5 rings (SSSR count). The number of benzene rings is 2. The lowest BCUT2D eigenvalue weighted by Gasteiger charge is -2.17. The number of pyridine rings is 1. The van der Waals surface area contributed by atoms with Crippen molar-refractivity contribution in [3.63, 3.8) is 0 Å². The number of methoxy groups -OCH3 is 1. The first kappa shape index (κ1) is 26.2. The van der Waals surface area contributed by atoms with Gasteiger partial charge in [-0.15, -0.1) is 0 Å². The molecule has 11 nitrogen and oxygen atoms in total. The summed E-state index contributed by atoms with van der Waals surface area (Å²) in [5.41, 5.74) is 2.06. The highest BCUT2D eigenvalue weighted by Crippen LogP contribution is 2.37. The number of nitrogens with one attached hydrogen (secondary N) is 2. The fourth-order valence-corrected chi connectivity index (χ4v) is 4.08. The maximum Gasteiger partial charge on any atom is 0.354 e. The van der Waals surface area contributed by atoms with Gasteiger partial charge in [0.2, 0.25) is 0 Å². The predicted molar refractivity (Wildman–Crippen MR) is 148 cm³/mol. The normalized spacial score (nSPS) is 10.8. The lowest BCUT2D eigenvalue weighted by atomic mass is 10.1. The van der Waals surface area contributed by atoms with Gasteiger partial charge in [0.05, 0.1) is 35.3 Å². The van der Waals surface area contributed by atoms with Crippen LogP contribution in [0.5, 0.6) is 5.75 Å². The number of aromatic nitrogens is 6. The van der Waals surface area contributed by atoms with Gasteiger partial charge in [-0.05, 0) is 42.5 Å². The Morgan fingerprint density at radius 3 is 2.50 bits per heavy atom. The van der Waals surface area contributed by atoms with Crippen molar-refractivity contribution in [2.24, 2.45) is 7.05 Å². The average Bonchev–Trinajstić information content (AvgIpc) is 3.39. The van der Waals surface area contributed by atoms with Crippen molar-refractivity contribution in [1.29, 1.82) is 0 Å². The van der Waals surface area contributed by atoms with E-state index >= 15 is 0 Å². The van der Waals surface area contributed by atoms with E-state index in [0.717, 1.165) is 0 Å². The fraction of sp³-hybridized carbons (Fsp3) is 0.143. The molecule has 0 amide bonds. The van der Waals surface area contributed by atoms with E-state index in [4.69, 9.17) is 4.74 Å². The highest BCUT2D eigenvalue weighted by molar-refractivity contribution is 6.02. The summed E-state index contributed by atoms with van der Waals surface area (Å²) in [6.45, 7) is 1.77. The molecular formula is C28H25FN8O3. The Bertz CT molecular complexity index is 1750. The largest absolute Gasteiger partial charge is 0.494 e. The second-order valence-electron chi connectivity index (χ2n) is 8.71. The van der Waals surface area contributed by atoms with Gasteiger partial charge >= 0.3 is 5.69 Å². The summed E-state index contributed by atoms with van der Waals surface area (Å²) in [4.78, 5) is 38.1. The number of hydrogen-bond donors (Lipinski definition) is 2. The summed E-state index contributed by atoms with van der Waals surface area (Å²) in [6.07, 6.45) is 4.87. The Morgan fingerprint density at radius 2 is 1.82 bits per heavy atom. The minimum Gasteiger partial charge on any atom is -0.494 e. The molecular weight excluding hydrogens is 515 g/mol. The number of ether oxygens (including phenoxy) is 1. The van der Waals surface area contributed by atoms with Crippen LogP contribution in [0.4, 0.5) is 27.4 Å². The highest BCUT2D eigenvalue weighted by atomic mass is 19.1. The first-order chi connectivity index (χ1) is 19.4. The lowest BCUT2D eigenvalue weighted by molar-refractivity contribution is 0.0988. The number of hydrogen-bond acceptors (Lipinski definition) is 9. The molecule has 0 radical (unpaired) electrons. The molecule has 0 unspecified atom stereocenters. The van der Waals surface area contributed by atoms with Crippen LogP contribution in [0, 0.1) is 5.82 Å². The minimum absolute atomic E-state index is 0.108. The zero-order chi connectivity index (χ0) is 28.2. The zero-order valence-electron chi connectivity index (χ0n) is 21.9. The van der Waals surface area contributed by atoms with Crippen LogP contribution >= 0.6 is 0 Å². The molecule has 40 heavy (non-hydrogen) atoms. The van der Waals surface area contributed by atoms with Crippen LogP contribution < -0.4 is 21.1 Å². The number of carbonyl (C=O) groups excluding carboxylic acids is 1. The average molecular weight is 541 g/mol. The van der Waals surface area contributed by atoms with Crippen molar-refractivity contribution in [2.45, 2.75) is 13.3 Å². The molecule has 0 saturated carbocycles. The number of para-hydroxylation sites is 1. The number of halogens is 1. The Balaban J connectivity index is 1.47. The topological polar surface area (TPSA) is 129 Å². The monoisotopic (exact) mass is 540 g/mol. The predicted octanol–water partition coefficient (Wildman–Crippen LogP) is 4.65. The summed E-state index contributed by atoms with van der Waals surface area (Å²) < 4.78 is 21.9. The van der Waals surface area contributed by atoms with Gasteiger partial charge in [0.15, 0.2) is 17.4 Å². The first-order valence-electron chi connectivity index (χ1n) is 12.3. The molecule has 0 saturated heterocycles. The molecule has 3 heterocycles. The lowest BCUT2D eigenvalue weighted by Crippen LogP contribution is -2.21. The highest BCUT2D eigenvalue weighted by Gasteiger charge is 2.18. The molecule has 0 spiro atoms. The first-order valence-corrected chi connectivity index (χ1v) is 12.3. The van der Waals surface area contributed by atoms with Crippen molar-refractivity contribution >= 4 is 28.8 Å². The maximum atomic E-state index is 13.3. The van der Waals surface area contributed by atoms with Gasteiger partial charge in [0.25, 0.3) is 0 Å². The van der Waals surface area contributed by atoms with Gasteiger partial charge in [0, 0.05) is 31.9 Å². The van der Waals surface area contributed by atoms with Gasteiger partial charge in [-0.25, -0.2) is 19.2 Å². The van der Waals surface area contributed by atoms with Crippen LogP contribution in [0.15, 0.2) is 78.1 Å². The van der Waals surface area contributed by atoms with Gasteiger partial charge in [-0.2, -0.15) is 10.1 Å². The van der Waals surface area contributed by atoms with Crippen LogP contribution in [0.2, 0.25) is 0 Å². The second-order valence-corrected chi connectivity index (χ2v) is 8.71. The standard InChI is InChI=1S/C28H25FN8O3/c1-4-23(38)20-15-30-25(33-24-12-13-37(28(39)34-24)18-10-8-17(29)9-11-18)14-22(20)32-21-7-5-6-19(26(21)40-3)27-31-16-36(2)35-27/h5-16H,4H2,1-3H3,(H2,30,32,33,34,39). The third-order valence-corrected chi connectivity index (χ3v) is 6.02. The van der Waals surface area contributed by atoms with Gasteiger partial charge in [0.1, 0.15) is 23.8 Å². The Kier molecular flexibility index (Phi) is 7.31. The molecule has 2 aromatic carbocycles. The smallest absolute Gasteiger partial charge is 0.354 e. The van der Waals surface area contributed by atoms with E-state index in [1.807, 2.05) is 18.2 Å². The van der Waals surface area contributed by atoms with E-state index in [0.29, 0.717) is 45.6 Å². The molecule has 12 heteroatoms. The van der Waals surface area contributed by atoms with Crippen molar-refractivity contribution < 1.29 is 13.9 Å². The fourth-order valence-electron chi connectivity index (χ4n) is 4.08. The molecule has 0 bridgehead atoms. The van der Waals surface area contributed by atoms with E-state index in [2.05, 4.69) is 30.7 Å².